The van der Waals surface area contributed by atoms with Gasteiger partial charge < -0.3 is 15.2 Å². The number of benzene rings is 1. The Bertz CT molecular complexity index is 326. The molecule has 1 aliphatic rings. The molecule has 0 bridgehead atoms. The molecule has 3 nitrogen and oxygen atoms in total. The molecule has 1 aromatic carbocycles. The van der Waals surface area contributed by atoms with E-state index in [1.165, 1.54) is 0 Å². The van der Waals surface area contributed by atoms with Gasteiger partial charge in [0.25, 0.3) is 0 Å². The third kappa shape index (κ3) is 2.08. The van der Waals surface area contributed by atoms with E-state index < -0.39 is 0 Å². The summed E-state index contributed by atoms with van der Waals surface area (Å²) in [5, 5.41) is 0. The van der Waals surface area contributed by atoms with Crippen molar-refractivity contribution < 1.29 is 9.47 Å². The van der Waals surface area contributed by atoms with Gasteiger partial charge in [-0.25, -0.2) is 0 Å². The SMILES string of the molecule is NCc1ccc(OC2COC2)cc1Br. The van der Waals surface area contributed by atoms with E-state index in [1.54, 1.807) is 0 Å². The van der Waals surface area contributed by atoms with Crippen molar-refractivity contribution in [2.24, 2.45) is 5.73 Å². The molecule has 1 fully saturated rings. The van der Waals surface area contributed by atoms with Crippen molar-refractivity contribution in [2.45, 2.75) is 12.6 Å². The summed E-state index contributed by atoms with van der Waals surface area (Å²) in [6.45, 7) is 1.92. The molecule has 4 heteroatoms. The van der Waals surface area contributed by atoms with E-state index in [-0.39, 0.29) is 6.10 Å². The summed E-state index contributed by atoms with van der Waals surface area (Å²) in [6, 6.07) is 5.85. The Morgan fingerprint density at radius 2 is 2.29 bits per heavy atom. The van der Waals surface area contributed by atoms with Crippen LogP contribution in [0.1, 0.15) is 5.56 Å². The summed E-state index contributed by atoms with van der Waals surface area (Å²) in [5.74, 6) is 0.863. The molecular weight excluding hydrogens is 246 g/mol. The van der Waals surface area contributed by atoms with Gasteiger partial charge >= 0.3 is 0 Å². The lowest BCUT2D eigenvalue weighted by Crippen LogP contribution is -2.38. The second-order valence-corrected chi connectivity index (χ2v) is 4.09. The van der Waals surface area contributed by atoms with Crippen LogP contribution in [0.2, 0.25) is 0 Å². The third-order valence-electron chi connectivity index (χ3n) is 2.15. The molecule has 0 aromatic heterocycles. The molecule has 0 radical (unpaired) electrons. The third-order valence-corrected chi connectivity index (χ3v) is 2.89. The van der Waals surface area contributed by atoms with Crippen molar-refractivity contribution >= 4 is 15.9 Å². The number of hydrogen-bond acceptors (Lipinski definition) is 3. The fourth-order valence-corrected chi connectivity index (χ4v) is 1.76. The summed E-state index contributed by atoms with van der Waals surface area (Å²) < 4.78 is 11.7. The maximum atomic E-state index is 5.63. The van der Waals surface area contributed by atoms with Crippen molar-refractivity contribution in [3.63, 3.8) is 0 Å². The van der Waals surface area contributed by atoms with Crippen LogP contribution in [0.25, 0.3) is 0 Å². The largest absolute Gasteiger partial charge is 0.486 e. The fourth-order valence-electron chi connectivity index (χ4n) is 1.24. The zero-order valence-corrected chi connectivity index (χ0v) is 9.29. The maximum absolute atomic E-state index is 5.63. The van der Waals surface area contributed by atoms with Crippen LogP contribution in [0.4, 0.5) is 0 Å². The highest BCUT2D eigenvalue weighted by Crippen LogP contribution is 2.24. The first-order valence-corrected chi connectivity index (χ1v) is 5.32. The van der Waals surface area contributed by atoms with E-state index in [9.17, 15) is 0 Å². The molecule has 1 saturated heterocycles. The van der Waals surface area contributed by atoms with Crippen molar-refractivity contribution in [3.8, 4) is 5.75 Å². The minimum absolute atomic E-state index is 0.214. The van der Waals surface area contributed by atoms with Gasteiger partial charge in [0.1, 0.15) is 11.9 Å². The molecule has 2 N–H and O–H groups in total. The Labute approximate surface area is 91.3 Å². The van der Waals surface area contributed by atoms with E-state index in [2.05, 4.69) is 15.9 Å². The lowest BCUT2D eigenvalue weighted by Gasteiger charge is -2.26. The van der Waals surface area contributed by atoms with Crippen molar-refractivity contribution in [1.82, 2.24) is 0 Å². The molecule has 1 aromatic rings. The van der Waals surface area contributed by atoms with Crippen LogP contribution in [0, 0.1) is 0 Å². The first-order chi connectivity index (χ1) is 6.79. The standard InChI is InChI=1S/C10H12BrNO2/c11-10-3-8(2-1-7(10)4-12)14-9-5-13-6-9/h1-3,9H,4-6,12H2. The Morgan fingerprint density at radius 1 is 1.50 bits per heavy atom. The lowest BCUT2D eigenvalue weighted by molar-refractivity contribution is -0.0797. The second kappa shape index (κ2) is 4.29. The lowest BCUT2D eigenvalue weighted by atomic mass is 10.2. The first-order valence-electron chi connectivity index (χ1n) is 4.52. The highest BCUT2D eigenvalue weighted by molar-refractivity contribution is 9.10. The van der Waals surface area contributed by atoms with Gasteiger partial charge in [-0.15, -0.1) is 0 Å². The van der Waals surface area contributed by atoms with Gasteiger partial charge in [0.2, 0.25) is 0 Å². The summed E-state index contributed by atoms with van der Waals surface area (Å²) in [4.78, 5) is 0. The number of ether oxygens (including phenoxy) is 2. The number of halogens is 1. The van der Waals surface area contributed by atoms with Gasteiger partial charge in [-0.3, -0.25) is 0 Å². The summed E-state index contributed by atoms with van der Waals surface area (Å²) in [5.41, 5.74) is 6.63. The molecule has 0 atom stereocenters. The zero-order chi connectivity index (χ0) is 9.97. The van der Waals surface area contributed by atoms with E-state index in [0.717, 1.165) is 15.8 Å². The van der Waals surface area contributed by atoms with Gasteiger partial charge in [0.15, 0.2) is 0 Å². The average Bonchev–Trinajstić information content (AvgIpc) is 2.12. The summed E-state index contributed by atoms with van der Waals surface area (Å²) in [6.07, 6.45) is 0.214. The van der Waals surface area contributed by atoms with Crippen molar-refractivity contribution in [3.05, 3.63) is 28.2 Å². The van der Waals surface area contributed by atoms with Gasteiger partial charge in [-0.2, -0.15) is 0 Å². The molecule has 1 heterocycles. The first kappa shape index (κ1) is 9.96. The van der Waals surface area contributed by atoms with Crippen molar-refractivity contribution in [2.75, 3.05) is 13.2 Å². The molecule has 2 rings (SSSR count). The predicted molar refractivity (Wildman–Crippen MR) is 57.3 cm³/mol. The molecule has 1 aliphatic heterocycles. The molecule has 76 valence electrons. The number of hydrogen-bond donors (Lipinski definition) is 1. The smallest absolute Gasteiger partial charge is 0.145 e. The summed E-state index contributed by atoms with van der Waals surface area (Å²) in [7, 11) is 0. The van der Waals surface area contributed by atoms with Crippen LogP contribution in [-0.2, 0) is 11.3 Å². The van der Waals surface area contributed by atoms with E-state index in [1.807, 2.05) is 18.2 Å². The Kier molecular flexibility index (Phi) is 3.05. The highest BCUT2D eigenvalue weighted by Gasteiger charge is 2.20. The van der Waals surface area contributed by atoms with Crippen LogP contribution in [0.5, 0.6) is 5.75 Å². The topological polar surface area (TPSA) is 44.5 Å². The monoisotopic (exact) mass is 257 g/mol. The molecule has 0 amide bonds. The summed E-state index contributed by atoms with van der Waals surface area (Å²) >= 11 is 3.45. The maximum Gasteiger partial charge on any atom is 0.145 e. The highest BCUT2D eigenvalue weighted by atomic mass is 79.9. The van der Waals surface area contributed by atoms with E-state index in [4.69, 9.17) is 15.2 Å². The molecule has 0 aliphatic carbocycles. The molecular formula is C10H12BrNO2. The van der Waals surface area contributed by atoms with Crippen LogP contribution in [0.15, 0.2) is 22.7 Å². The Balaban J connectivity index is 2.07. The van der Waals surface area contributed by atoms with Gasteiger partial charge in [-0.1, -0.05) is 22.0 Å². The molecule has 0 unspecified atom stereocenters. The Hall–Kier alpha value is -0.580. The molecule has 0 saturated carbocycles. The zero-order valence-electron chi connectivity index (χ0n) is 7.70. The van der Waals surface area contributed by atoms with Crippen LogP contribution < -0.4 is 10.5 Å². The normalized spacial score (nSPS) is 16.4. The minimum atomic E-state index is 0.214. The number of nitrogens with two attached hydrogens (primary N) is 1. The van der Waals surface area contributed by atoms with Gasteiger partial charge in [0, 0.05) is 11.0 Å². The van der Waals surface area contributed by atoms with Gasteiger partial charge in [0.05, 0.1) is 13.2 Å². The van der Waals surface area contributed by atoms with Crippen LogP contribution in [-0.4, -0.2) is 19.3 Å². The Morgan fingerprint density at radius 3 is 2.79 bits per heavy atom. The van der Waals surface area contributed by atoms with Crippen LogP contribution >= 0.6 is 15.9 Å². The minimum Gasteiger partial charge on any atom is -0.486 e. The molecule has 0 spiro atoms. The number of rotatable bonds is 3. The predicted octanol–water partition coefficient (Wildman–Crippen LogP) is 1.69. The van der Waals surface area contributed by atoms with E-state index in [0.29, 0.717) is 19.8 Å². The van der Waals surface area contributed by atoms with E-state index >= 15 is 0 Å². The van der Waals surface area contributed by atoms with Crippen molar-refractivity contribution in [1.29, 1.82) is 0 Å². The average molecular weight is 258 g/mol. The second-order valence-electron chi connectivity index (χ2n) is 3.23. The fraction of sp³-hybridized carbons (Fsp3) is 0.400. The quantitative estimate of drug-likeness (QED) is 0.897. The van der Waals surface area contributed by atoms with Gasteiger partial charge in [-0.05, 0) is 17.7 Å². The van der Waals surface area contributed by atoms with Crippen LogP contribution in [0.3, 0.4) is 0 Å². The molecule has 14 heavy (non-hydrogen) atoms.